The second kappa shape index (κ2) is 3.01. The first kappa shape index (κ1) is 7.54. The van der Waals surface area contributed by atoms with Crippen LogP contribution in [-0.4, -0.2) is 23.2 Å². The van der Waals surface area contributed by atoms with E-state index in [2.05, 4.69) is 5.32 Å². The lowest BCUT2D eigenvalue weighted by Gasteiger charge is -2.15. The molecule has 0 radical (unpaired) electrons. The summed E-state index contributed by atoms with van der Waals surface area (Å²) < 4.78 is 0. The molecule has 2 atom stereocenters. The summed E-state index contributed by atoms with van der Waals surface area (Å²) in [5.74, 6) is 0.0671. The zero-order valence-corrected chi connectivity index (χ0v) is 6.13. The lowest BCUT2D eigenvalue weighted by Crippen LogP contribution is -2.35. The van der Waals surface area contributed by atoms with Gasteiger partial charge in [-0.15, -0.1) is 0 Å². The molecule has 0 saturated carbocycles. The maximum Gasteiger partial charge on any atom is 0.220 e. The average molecular weight is 143 g/mol. The number of amides is 1. The van der Waals surface area contributed by atoms with Crippen molar-refractivity contribution in [2.45, 2.75) is 38.3 Å². The summed E-state index contributed by atoms with van der Waals surface area (Å²) in [6.07, 6.45) is 1.71. The van der Waals surface area contributed by atoms with Gasteiger partial charge < -0.3 is 10.4 Å². The van der Waals surface area contributed by atoms with Crippen molar-refractivity contribution in [3.63, 3.8) is 0 Å². The van der Waals surface area contributed by atoms with Crippen LogP contribution in [0.5, 0.6) is 0 Å². The van der Waals surface area contributed by atoms with Crippen LogP contribution in [0, 0.1) is 0 Å². The number of hydrogen-bond acceptors (Lipinski definition) is 2. The van der Waals surface area contributed by atoms with Gasteiger partial charge in [0.25, 0.3) is 0 Å². The molecule has 3 heteroatoms. The Labute approximate surface area is 60.4 Å². The van der Waals surface area contributed by atoms with Crippen molar-refractivity contribution in [1.29, 1.82) is 0 Å². The van der Waals surface area contributed by atoms with E-state index in [9.17, 15) is 9.90 Å². The normalized spacial score (nSPS) is 28.2. The fourth-order valence-electron chi connectivity index (χ4n) is 1.21. The summed E-state index contributed by atoms with van der Waals surface area (Å²) in [6.45, 7) is 1.91. The third kappa shape index (κ3) is 1.48. The highest BCUT2D eigenvalue weighted by molar-refractivity contribution is 5.78. The third-order valence-corrected chi connectivity index (χ3v) is 1.91. The largest absolute Gasteiger partial charge is 0.391 e. The Bertz CT molecular complexity index is 136. The SMILES string of the molecule is CC[C@@H](O)[C@H]1CCC(=O)N1. The zero-order valence-electron chi connectivity index (χ0n) is 6.13. The molecule has 0 unspecified atom stereocenters. The average Bonchev–Trinajstić information content (AvgIpc) is 2.34. The Hall–Kier alpha value is -0.570. The summed E-state index contributed by atoms with van der Waals surface area (Å²) >= 11 is 0. The van der Waals surface area contributed by atoms with E-state index in [0.29, 0.717) is 12.8 Å². The molecule has 0 bridgehead atoms. The van der Waals surface area contributed by atoms with Crippen LogP contribution in [-0.2, 0) is 4.79 Å². The number of carbonyl (C=O) groups is 1. The molecular weight excluding hydrogens is 130 g/mol. The molecule has 2 N–H and O–H groups in total. The van der Waals surface area contributed by atoms with Crippen molar-refractivity contribution in [3.8, 4) is 0 Å². The molecule has 0 aliphatic carbocycles. The van der Waals surface area contributed by atoms with Crippen molar-refractivity contribution in [2.24, 2.45) is 0 Å². The molecule has 1 fully saturated rings. The number of rotatable bonds is 2. The van der Waals surface area contributed by atoms with Gasteiger partial charge in [0.2, 0.25) is 5.91 Å². The minimum atomic E-state index is -0.355. The molecule has 58 valence electrons. The monoisotopic (exact) mass is 143 g/mol. The number of aliphatic hydroxyl groups is 1. The van der Waals surface area contributed by atoms with Crippen LogP contribution in [0.2, 0.25) is 0 Å². The van der Waals surface area contributed by atoms with Crippen LogP contribution in [0.15, 0.2) is 0 Å². The third-order valence-electron chi connectivity index (χ3n) is 1.91. The van der Waals surface area contributed by atoms with Gasteiger partial charge in [-0.1, -0.05) is 6.92 Å². The van der Waals surface area contributed by atoms with Crippen LogP contribution in [0.1, 0.15) is 26.2 Å². The first-order chi connectivity index (χ1) is 4.74. The second-order valence-corrected chi connectivity index (χ2v) is 2.69. The number of hydrogen-bond donors (Lipinski definition) is 2. The van der Waals surface area contributed by atoms with Gasteiger partial charge >= 0.3 is 0 Å². The van der Waals surface area contributed by atoms with Crippen LogP contribution < -0.4 is 5.32 Å². The molecule has 1 rings (SSSR count). The standard InChI is InChI=1S/C7H13NO2/c1-2-6(9)5-3-4-7(10)8-5/h5-6,9H,2-4H2,1H3,(H,8,10)/t5-,6-/m1/s1. The van der Waals surface area contributed by atoms with Crippen molar-refractivity contribution in [2.75, 3.05) is 0 Å². The van der Waals surface area contributed by atoms with Crippen LogP contribution in [0.3, 0.4) is 0 Å². The lowest BCUT2D eigenvalue weighted by molar-refractivity contribution is -0.119. The zero-order chi connectivity index (χ0) is 7.56. The molecule has 1 saturated heterocycles. The second-order valence-electron chi connectivity index (χ2n) is 2.69. The molecule has 10 heavy (non-hydrogen) atoms. The summed E-state index contributed by atoms with van der Waals surface area (Å²) in [5, 5.41) is 12.0. The van der Waals surface area contributed by atoms with Gasteiger partial charge in [0.15, 0.2) is 0 Å². The quantitative estimate of drug-likeness (QED) is 0.573. The van der Waals surface area contributed by atoms with Gasteiger partial charge in [-0.05, 0) is 12.8 Å². The predicted molar refractivity (Wildman–Crippen MR) is 37.5 cm³/mol. The van der Waals surface area contributed by atoms with Crippen molar-refractivity contribution < 1.29 is 9.90 Å². The highest BCUT2D eigenvalue weighted by atomic mass is 16.3. The molecule has 1 aliphatic heterocycles. The van der Waals surface area contributed by atoms with E-state index in [-0.39, 0.29) is 18.1 Å². The minimum absolute atomic E-state index is 0.0116. The highest BCUT2D eigenvalue weighted by Crippen LogP contribution is 2.11. The molecule has 0 aromatic rings. The lowest BCUT2D eigenvalue weighted by atomic mass is 10.1. The Morgan fingerprint density at radius 2 is 2.60 bits per heavy atom. The van der Waals surface area contributed by atoms with E-state index in [1.807, 2.05) is 6.92 Å². The van der Waals surface area contributed by atoms with Crippen molar-refractivity contribution in [1.82, 2.24) is 5.32 Å². The smallest absolute Gasteiger partial charge is 0.220 e. The Balaban J connectivity index is 2.36. The van der Waals surface area contributed by atoms with Gasteiger partial charge in [0, 0.05) is 6.42 Å². The van der Waals surface area contributed by atoms with Crippen LogP contribution >= 0.6 is 0 Å². The van der Waals surface area contributed by atoms with Crippen molar-refractivity contribution in [3.05, 3.63) is 0 Å². The fraction of sp³-hybridized carbons (Fsp3) is 0.857. The fourth-order valence-corrected chi connectivity index (χ4v) is 1.21. The van der Waals surface area contributed by atoms with Gasteiger partial charge in [-0.3, -0.25) is 4.79 Å². The highest BCUT2D eigenvalue weighted by Gasteiger charge is 2.25. The molecule has 1 aliphatic rings. The first-order valence-corrected chi connectivity index (χ1v) is 3.71. The molecule has 1 heterocycles. The molecule has 1 amide bonds. The molecule has 0 aromatic heterocycles. The summed E-state index contributed by atoms with van der Waals surface area (Å²) in [4.78, 5) is 10.7. The number of aliphatic hydroxyl groups excluding tert-OH is 1. The van der Waals surface area contributed by atoms with E-state index in [0.717, 1.165) is 6.42 Å². The number of nitrogens with one attached hydrogen (secondary N) is 1. The van der Waals surface area contributed by atoms with E-state index < -0.39 is 0 Å². The van der Waals surface area contributed by atoms with E-state index in [4.69, 9.17) is 0 Å². The topological polar surface area (TPSA) is 49.3 Å². The maximum absolute atomic E-state index is 10.7. The first-order valence-electron chi connectivity index (χ1n) is 3.71. The van der Waals surface area contributed by atoms with Gasteiger partial charge in [-0.2, -0.15) is 0 Å². The molecule has 0 spiro atoms. The Morgan fingerprint density at radius 3 is 3.00 bits per heavy atom. The van der Waals surface area contributed by atoms with Gasteiger partial charge in [-0.25, -0.2) is 0 Å². The molecule has 3 nitrogen and oxygen atoms in total. The van der Waals surface area contributed by atoms with E-state index >= 15 is 0 Å². The van der Waals surface area contributed by atoms with Crippen LogP contribution in [0.25, 0.3) is 0 Å². The number of carbonyl (C=O) groups excluding carboxylic acids is 1. The Kier molecular flexibility index (Phi) is 2.27. The predicted octanol–water partition coefficient (Wildman–Crippen LogP) is 0.0359. The molecule has 0 aromatic carbocycles. The Morgan fingerprint density at radius 1 is 1.90 bits per heavy atom. The van der Waals surface area contributed by atoms with Crippen LogP contribution in [0.4, 0.5) is 0 Å². The molecular formula is C7H13NO2. The summed E-state index contributed by atoms with van der Waals surface area (Å²) in [7, 11) is 0. The summed E-state index contributed by atoms with van der Waals surface area (Å²) in [5.41, 5.74) is 0. The maximum atomic E-state index is 10.7. The van der Waals surface area contributed by atoms with Gasteiger partial charge in [0.1, 0.15) is 0 Å². The van der Waals surface area contributed by atoms with Crippen molar-refractivity contribution >= 4 is 5.91 Å². The minimum Gasteiger partial charge on any atom is -0.391 e. The summed E-state index contributed by atoms with van der Waals surface area (Å²) in [6, 6.07) is 0.0116. The van der Waals surface area contributed by atoms with E-state index in [1.165, 1.54) is 0 Å². The van der Waals surface area contributed by atoms with Gasteiger partial charge in [0.05, 0.1) is 12.1 Å². The van der Waals surface area contributed by atoms with E-state index in [1.54, 1.807) is 0 Å².